The highest BCUT2D eigenvalue weighted by Crippen LogP contribution is 2.40. The lowest BCUT2D eigenvalue weighted by Gasteiger charge is -2.33. The molecule has 2 aromatic rings. The van der Waals surface area contributed by atoms with Gasteiger partial charge in [-0.15, -0.1) is 11.3 Å². The van der Waals surface area contributed by atoms with Crippen molar-refractivity contribution in [2.24, 2.45) is 5.92 Å². The molecule has 7 heteroatoms. The lowest BCUT2D eigenvalue weighted by atomic mass is 9.97. The molecule has 0 aliphatic carbocycles. The summed E-state index contributed by atoms with van der Waals surface area (Å²) in [5.74, 6) is 1.80. The Balaban J connectivity index is 1.73. The number of nitrogens with zero attached hydrogens (tertiary/aromatic N) is 4. The predicted molar refractivity (Wildman–Crippen MR) is 113 cm³/mol. The molecule has 4 heterocycles. The summed E-state index contributed by atoms with van der Waals surface area (Å²) in [5.41, 5.74) is 1.43. The van der Waals surface area contributed by atoms with Crippen molar-refractivity contribution in [1.82, 2.24) is 14.9 Å². The third-order valence-electron chi connectivity index (χ3n) is 5.91. The van der Waals surface area contributed by atoms with E-state index in [2.05, 4.69) is 23.6 Å². The van der Waals surface area contributed by atoms with Crippen LogP contribution in [0.25, 0.3) is 10.2 Å². The average Bonchev–Trinajstić information content (AvgIpc) is 3.10. The van der Waals surface area contributed by atoms with Crippen LogP contribution >= 0.6 is 11.3 Å². The van der Waals surface area contributed by atoms with Gasteiger partial charge in [-0.2, -0.15) is 0 Å². The van der Waals surface area contributed by atoms with E-state index in [1.165, 1.54) is 15.8 Å². The molecule has 0 N–H and O–H groups in total. The fourth-order valence-corrected chi connectivity index (χ4v) is 5.63. The van der Waals surface area contributed by atoms with Crippen LogP contribution in [-0.2, 0) is 28.9 Å². The second-order valence-electron chi connectivity index (χ2n) is 7.66. The number of carbonyl (C=O) groups is 1. The van der Waals surface area contributed by atoms with Gasteiger partial charge in [0.1, 0.15) is 16.5 Å². The highest BCUT2D eigenvalue weighted by molar-refractivity contribution is 7.19. The van der Waals surface area contributed by atoms with E-state index in [0.717, 1.165) is 68.3 Å². The molecule has 4 rings (SSSR count). The Hall–Kier alpha value is -1.73. The first-order chi connectivity index (χ1) is 13.6. The summed E-state index contributed by atoms with van der Waals surface area (Å²) in [7, 11) is 0. The zero-order valence-electron chi connectivity index (χ0n) is 17.2. The summed E-state index contributed by atoms with van der Waals surface area (Å²) in [4.78, 5) is 29.5. The van der Waals surface area contributed by atoms with Crippen LogP contribution in [0, 0.1) is 5.92 Å². The molecule has 0 amide bonds. The Labute approximate surface area is 170 Å². The summed E-state index contributed by atoms with van der Waals surface area (Å²) in [5, 5.41) is 1.23. The molecule has 152 valence electrons. The first kappa shape index (κ1) is 19.6. The van der Waals surface area contributed by atoms with Crippen LogP contribution in [0.1, 0.15) is 49.9 Å². The number of anilines is 1. The first-order valence-electron chi connectivity index (χ1n) is 10.6. The van der Waals surface area contributed by atoms with E-state index in [1.54, 1.807) is 0 Å². The van der Waals surface area contributed by atoms with Crippen LogP contribution in [0.15, 0.2) is 0 Å². The number of thiophene rings is 1. The summed E-state index contributed by atoms with van der Waals surface area (Å²) in [6.07, 6.45) is 3.77. The third-order valence-corrected chi connectivity index (χ3v) is 7.02. The van der Waals surface area contributed by atoms with Crippen molar-refractivity contribution in [1.29, 1.82) is 0 Å². The minimum Gasteiger partial charge on any atom is -0.466 e. The molecule has 0 radical (unpaired) electrons. The molecule has 1 atom stereocenters. The van der Waals surface area contributed by atoms with Gasteiger partial charge in [0.2, 0.25) is 0 Å². The van der Waals surface area contributed by atoms with Gasteiger partial charge >= 0.3 is 5.97 Å². The van der Waals surface area contributed by atoms with E-state index < -0.39 is 0 Å². The smallest absolute Gasteiger partial charge is 0.310 e. The number of rotatable bonds is 5. The van der Waals surface area contributed by atoms with Gasteiger partial charge < -0.3 is 9.64 Å². The molecule has 2 aromatic heterocycles. The Morgan fingerprint density at radius 1 is 1.25 bits per heavy atom. The van der Waals surface area contributed by atoms with E-state index in [-0.39, 0.29) is 11.9 Å². The molecule has 28 heavy (non-hydrogen) atoms. The monoisotopic (exact) mass is 402 g/mol. The second-order valence-corrected chi connectivity index (χ2v) is 8.74. The first-order valence-corrected chi connectivity index (χ1v) is 11.4. The van der Waals surface area contributed by atoms with Crippen molar-refractivity contribution in [3.63, 3.8) is 0 Å². The topological polar surface area (TPSA) is 58.6 Å². The van der Waals surface area contributed by atoms with Crippen molar-refractivity contribution < 1.29 is 9.53 Å². The quantitative estimate of drug-likeness (QED) is 0.715. The van der Waals surface area contributed by atoms with Crippen molar-refractivity contribution >= 4 is 33.3 Å². The lowest BCUT2D eigenvalue weighted by Crippen LogP contribution is -2.40. The zero-order chi connectivity index (χ0) is 19.7. The van der Waals surface area contributed by atoms with Gasteiger partial charge in [0.15, 0.2) is 0 Å². The molecule has 0 bridgehead atoms. The fourth-order valence-electron chi connectivity index (χ4n) is 4.35. The molecule has 1 saturated heterocycles. The zero-order valence-corrected chi connectivity index (χ0v) is 18.0. The number of esters is 1. The van der Waals surface area contributed by atoms with Crippen LogP contribution in [-0.4, -0.2) is 53.6 Å². The van der Waals surface area contributed by atoms with Crippen LogP contribution in [0.2, 0.25) is 0 Å². The number of piperidine rings is 1. The molecule has 0 aromatic carbocycles. The maximum absolute atomic E-state index is 12.3. The Kier molecular flexibility index (Phi) is 5.83. The Morgan fingerprint density at radius 2 is 2.11 bits per heavy atom. The van der Waals surface area contributed by atoms with Gasteiger partial charge in [-0.05, 0) is 38.3 Å². The van der Waals surface area contributed by atoms with E-state index in [0.29, 0.717) is 13.2 Å². The van der Waals surface area contributed by atoms with Crippen molar-refractivity contribution in [3.05, 3.63) is 16.3 Å². The predicted octanol–water partition coefficient (Wildman–Crippen LogP) is 3.41. The van der Waals surface area contributed by atoms with Crippen LogP contribution < -0.4 is 4.90 Å². The summed E-state index contributed by atoms with van der Waals surface area (Å²) in [6.45, 7) is 11.5. The maximum atomic E-state index is 12.3. The number of ether oxygens (including phenoxy) is 1. The van der Waals surface area contributed by atoms with Crippen molar-refractivity contribution in [2.45, 2.75) is 53.0 Å². The number of fused-ring (bicyclic) bond motifs is 3. The van der Waals surface area contributed by atoms with Gasteiger partial charge in [0.25, 0.3) is 0 Å². The third kappa shape index (κ3) is 3.62. The van der Waals surface area contributed by atoms with Gasteiger partial charge in [-0.3, -0.25) is 9.69 Å². The molecule has 2 aliphatic rings. The maximum Gasteiger partial charge on any atom is 0.310 e. The summed E-state index contributed by atoms with van der Waals surface area (Å²) in [6, 6.07) is 0. The fraction of sp³-hybridized carbons (Fsp3) is 0.667. The molecule has 6 nitrogen and oxygen atoms in total. The number of hydrogen-bond acceptors (Lipinski definition) is 7. The average molecular weight is 403 g/mol. The van der Waals surface area contributed by atoms with Crippen molar-refractivity contribution in [2.75, 3.05) is 37.7 Å². The van der Waals surface area contributed by atoms with E-state index >= 15 is 0 Å². The SMILES string of the molecule is CCOC(=O)C1CCCN(c2nc(CC)nc3sc4c(c23)CCN(CC)C4)C1. The molecule has 2 aliphatic heterocycles. The molecule has 1 fully saturated rings. The Bertz CT molecular complexity index is 866. The molecular formula is C21H30N4O2S. The highest BCUT2D eigenvalue weighted by atomic mass is 32.1. The van der Waals surface area contributed by atoms with E-state index in [1.807, 2.05) is 18.3 Å². The second kappa shape index (κ2) is 8.33. The van der Waals surface area contributed by atoms with Crippen LogP contribution in [0.4, 0.5) is 5.82 Å². The number of likely N-dealkylation sites (N-methyl/N-ethyl adjacent to an activating group) is 1. The molecule has 1 unspecified atom stereocenters. The molecule has 0 spiro atoms. The van der Waals surface area contributed by atoms with Crippen LogP contribution in [0.5, 0.6) is 0 Å². The van der Waals surface area contributed by atoms with E-state index in [4.69, 9.17) is 14.7 Å². The highest BCUT2D eigenvalue weighted by Gasteiger charge is 2.31. The standard InChI is InChI=1S/C21H30N4O2S/c1-4-17-22-19(25-10-7-8-14(12-25)21(26)27-6-3)18-15-9-11-24(5-2)13-16(15)28-20(18)23-17/h14H,4-13H2,1-3H3. The van der Waals surface area contributed by atoms with E-state index in [9.17, 15) is 4.79 Å². The number of aryl methyl sites for hydroxylation is 1. The van der Waals surface area contributed by atoms with Gasteiger partial charge in [-0.25, -0.2) is 9.97 Å². The number of aromatic nitrogens is 2. The summed E-state index contributed by atoms with van der Waals surface area (Å²) >= 11 is 1.83. The minimum absolute atomic E-state index is 0.0613. The molecular weight excluding hydrogens is 372 g/mol. The largest absolute Gasteiger partial charge is 0.466 e. The normalized spacial score (nSPS) is 20.4. The van der Waals surface area contributed by atoms with Gasteiger partial charge in [0.05, 0.1) is 17.9 Å². The van der Waals surface area contributed by atoms with Crippen molar-refractivity contribution in [3.8, 4) is 0 Å². The Morgan fingerprint density at radius 3 is 2.86 bits per heavy atom. The number of carbonyl (C=O) groups excluding carboxylic acids is 1. The van der Waals surface area contributed by atoms with Gasteiger partial charge in [0, 0.05) is 37.5 Å². The summed E-state index contributed by atoms with van der Waals surface area (Å²) < 4.78 is 5.30. The number of hydrogen-bond donors (Lipinski definition) is 0. The van der Waals surface area contributed by atoms with Crippen LogP contribution in [0.3, 0.4) is 0 Å². The van der Waals surface area contributed by atoms with Gasteiger partial charge in [-0.1, -0.05) is 13.8 Å². The lowest BCUT2D eigenvalue weighted by molar-refractivity contribution is -0.148. The minimum atomic E-state index is -0.0702. The molecule has 0 saturated carbocycles.